The molecule has 2 amide bonds. The summed E-state index contributed by atoms with van der Waals surface area (Å²) in [7, 11) is 0. The number of amides is 2. The number of aromatic nitrogens is 1. The zero-order valence-electron chi connectivity index (χ0n) is 17.2. The average molecular weight is 432 g/mol. The summed E-state index contributed by atoms with van der Waals surface area (Å²) in [6.45, 7) is 0.417. The number of nitrogens with one attached hydrogen (secondary N) is 1. The fourth-order valence-electron chi connectivity index (χ4n) is 4.98. The Hall–Kier alpha value is -2.99. The fraction of sp³-hybridized carbons (Fsp3) is 0.320. The van der Waals surface area contributed by atoms with Crippen molar-refractivity contribution in [3.8, 4) is 0 Å². The van der Waals surface area contributed by atoms with Crippen molar-refractivity contribution >= 4 is 23.2 Å². The zero-order valence-corrected chi connectivity index (χ0v) is 18.1. The molecule has 0 saturated heterocycles. The second-order valence-corrected chi connectivity index (χ2v) is 9.23. The van der Waals surface area contributed by atoms with Crippen LogP contribution in [0.5, 0.6) is 0 Å². The van der Waals surface area contributed by atoms with Crippen molar-refractivity contribution in [1.82, 2.24) is 15.2 Å². The standard InChI is InChI=1S/C25H25N3O2S/c29-24(27-16-17-7-5-13-26-15-17)22-19-10-3-4-11-20(19)25(30)28(18-8-1-2-9-18)23(22)21-12-6-14-31-21/h3-7,10-15,18,22-23H,1-2,8-9,16H2,(H,27,29)/t22-,23-/m0/s1. The van der Waals surface area contributed by atoms with Gasteiger partial charge in [0.25, 0.3) is 5.91 Å². The van der Waals surface area contributed by atoms with Crippen LogP contribution in [0.3, 0.4) is 0 Å². The van der Waals surface area contributed by atoms with Crippen molar-refractivity contribution in [2.45, 2.75) is 50.2 Å². The number of carbonyl (C=O) groups excluding carboxylic acids is 2. The minimum absolute atomic E-state index is 0.0507. The molecular weight excluding hydrogens is 406 g/mol. The minimum atomic E-state index is -0.440. The topological polar surface area (TPSA) is 62.3 Å². The molecule has 0 unspecified atom stereocenters. The van der Waals surface area contributed by atoms with Gasteiger partial charge in [0.1, 0.15) is 0 Å². The van der Waals surface area contributed by atoms with E-state index in [1.165, 1.54) is 0 Å². The van der Waals surface area contributed by atoms with E-state index in [-0.39, 0.29) is 23.9 Å². The molecule has 5 rings (SSSR count). The molecular formula is C25H25N3O2S. The highest BCUT2D eigenvalue weighted by molar-refractivity contribution is 7.10. The Balaban J connectivity index is 1.56. The normalized spacial score (nSPS) is 21.2. The van der Waals surface area contributed by atoms with Gasteiger partial charge in [-0.1, -0.05) is 43.2 Å². The van der Waals surface area contributed by atoms with Crippen LogP contribution >= 0.6 is 11.3 Å². The second-order valence-electron chi connectivity index (χ2n) is 8.25. The van der Waals surface area contributed by atoms with Crippen LogP contribution in [0.4, 0.5) is 0 Å². The van der Waals surface area contributed by atoms with E-state index in [0.717, 1.165) is 41.7 Å². The maximum Gasteiger partial charge on any atom is 0.254 e. The van der Waals surface area contributed by atoms with E-state index in [1.807, 2.05) is 52.7 Å². The van der Waals surface area contributed by atoms with Gasteiger partial charge < -0.3 is 10.2 Å². The van der Waals surface area contributed by atoms with Crippen molar-refractivity contribution in [2.24, 2.45) is 0 Å². The number of thiophene rings is 1. The summed E-state index contributed by atoms with van der Waals surface area (Å²) < 4.78 is 0. The van der Waals surface area contributed by atoms with Gasteiger partial charge in [-0.2, -0.15) is 0 Å². The number of pyridine rings is 1. The molecule has 31 heavy (non-hydrogen) atoms. The molecule has 2 atom stereocenters. The van der Waals surface area contributed by atoms with Gasteiger partial charge >= 0.3 is 0 Å². The summed E-state index contributed by atoms with van der Waals surface area (Å²) in [5, 5.41) is 5.14. The molecule has 3 heterocycles. The average Bonchev–Trinajstić information content (AvgIpc) is 3.52. The third-order valence-corrected chi connectivity index (χ3v) is 7.34. The molecule has 0 radical (unpaired) electrons. The highest BCUT2D eigenvalue weighted by Gasteiger charge is 2.47. The largest absolute Gasteiger partial charge is 0.351 e. The molecule has 0 bridgehead atoms. The van der Waals surface area contributed by atoms with Crippen LogP contribution in [0.2, 0.25) is 0 Å². The number of nitrogens with zero attached hydrogens (tertiary/aromatic N) is 2. The van der Waals surface area contributed by atoms with Gasteiger partial charge in [0.2, 0.25) is 5.91 Å². The molecule has 3 aromatic rings. The lowest BCUT2D eigenvalue weighted by Gasteiger charge is -2.44. The monoisotopic (exact) mass is 431 g/mol. The highest BCUT2D eigenvalue weighted by atomic mass is 32.1. The van der Waals surface area contributed by atoms with E-state index in [1.54, 1.807) is 23.7 Å². The third kappa shape index (κ3) is 3.76. The molecule has 1 aromatic carbocycles. The molecule has 1 aliphatic carbocycles. The number of fused-ring (bicyclic) bond motifs is 1. The molecule has 1 saturated carbocycles. The third-order valence-electron chi connectivity index (χ3n) is 6.40. The molecule has 5 nitrogen and oxygen atoms in total. The summed E-state index contributed by atoms with van der Waals surface area (Å²) in [5.74, 6) is -0.438. The fourth-order valence-corrected chi connectivity index (χ4v) is 5.84. The molecule has 1 fully saturated rings. The number of benzene rings is 1. The molecule has 1 aliphatic heterocycles. The lowest BCUT2D eigenvalue weighted by atomic mass is 9.80. The Morgan fingerprint density at radius 2 is 1.94 bits per heavy atom. The summed E-state index contributed by atoms with van der Waals surface area (Å²) >= 11 is 1.62. The van der Waals surface area contributed by atoms with Crippen molar-refractivity contribution in [1.29, 1.82) is 0 Å². The molecule has 0 spiro atoms. The van der Waals surface area contributed by atoms with Crippen LogP contribution in [-0.2, 0) is 11.3 Å². The summed E-state index contributed by atoms with van der Waals surface area (Å²) in [6.07, 6.45) is 7.75. The molecule has 158 valence electrons. The Morgan fingerprint density at radius 3 is 2.68 bits per heavy atom. The summed E-state index contributed by atoms with van der Waals surface area (Å²) in [6, 6.07) is 15.4. The van der Waals surface area contributed by atoms with Gasteiger partial charge in [-0.05, 0) is 47.5 Å². The number of hydrogen-bond donors (Lipinski definition) is 1. The predicted molar refractivity (Wildman–Crippen MR) is 121 cm³/mol. The van der Waals surface area contributed by atoms with Gasteiger partial charge in [0, 0.05) is 35.4 Å². The SMILES string of the molecule is O=C(NCc1cccnc1)[C@H]1c2ccccc2C(=O)N(C2CCCC2)[C@H]1c1cccs1. The van der Waals surface area contributed by atoms with E-state index in [2.05, 4.69) is 16.4 Å². The van der Waals surface area contributed by atoms with Gasteiger partial charge in [-0.25, -0.2) is 0 Å². The van der Waals surface area contributed by atoms with Crippen molar-refractivity contribution in [3.63, 3.8) is 0 Å². The minimum Gasteiger partial charge on any atom is -0.351 e. The zero-order chi connectivity index (χ0) is 21.2. The van der Waals surface area contributed by atoms with Crippen LogP contribution in [0.25, 0.3) is 0 Å². The van der Waals surface area contributed by atoms with E-state index >= 15 is 0 Å². The lowest BCUT2D eigenvalue weighted by molar-refractivity contribution is -0.124. The summed E-state index contributed by atoms with van der Waals surface area (Å²) in [4.78, 5) is 34.5. The Morgan fingerprint density at radius 1 is 1.10 bits per heavy atom. The van der Waals surface area contributed by atoms with Crippen molar-refractivity contribution in [3.05, 3.63) is 87.9 Å². The molecule has 6 heteroatoms. The van der Waals surface area contributed by atoms with E-state index in [9.17, 15) is 9.59 Å². The van der Waals surface area contributed by atoms with Gasteiger partial charge in [0.15, 0.2) is 0 Å². The predicted octanol–water partition coefficient (Wildman–Crippen LogP) is 4.68. The maximum absolute atomic E-state index is 13.6. The molecule has 1 N–H and O–H groups in total. The van der Waals surface area contributed by atoms with Gasteiger partial charge in [0.05, 0.1) is 12.0 Å². The number of carbonyl (C=O) groups is 2. The molecule has 2 aliphatic rings. The Labute approximate surface area is 186 Å². The Bertz CT molecular complexity index is 1060. The van der Waals surface area contributed by atoms with Crippen molar-refractivity contribution < 1.29 is 9.59 Å². The second kappa shape index (κ2) is 8.63. The van der Waals surface area contributed by atoms with Crippen molar-refractivity contribution in [2.75, 3.05) is 0 Å². The first-order valence-electron chi connectivity index (χ1n) is 10.9. The van der Waals surface area contributed by atoms with Gasteiger partial charge in [-0.3, -0.25) is 14.6 Å². The number of hydrogen-bond acceptors (Lipinski definition) is 4. The first-order valence-corrected chi connectivity index (χ1v) is 11.7. The van der Waals surface area contributed by atoms with E-state index < -0.39 is 5.92 Å². The number of rotatable bonds is 5. The van der Waals surface area contributed by atoms with Crippen LogP contribution in [-0.4, -0.2) is 27.7 Å². The van der Waals surface area contributed by atoms with Crippen LogP contribution in [0, 0.1) is 0 Å². The highest BCUT2D eigenvalue weighted by Crippen LogP contribution is 2.47. The van der Waals surface area contributed by atoms with Gasteiger partial charge in [-0.15, -0.1) is 11.3 Å². The van der Waals surface area contributed by atoms with E-state index in [0.29, 0.717) is 12.1 Å². The summed E-state index contributed by atoms with van der Waals surface area (Å²) in [5.41, 5.74) is 2.43. The van der Waals surface area contributed by atoms with E-state index in [4.69, 9.17) is 0 Å². The molecule has 2 aromatic heterocycles. The maximum atomic E-state index is 13.6. The lowest BCUT2D eigenvalue weighted by Crippen LogP contribution is -2.50. The first-order chi connectivity index (χ1) is 15.2. The Kier molecular flexibility index (Phi) is 5.55. The smallest absolute Gasteiger partial charge is 0.254 e. The van der Waals surface area contributed by atoms with Crippen LogP contribution < -0.4 is 5.32 Å². The quantitative estimate of drug-likeness (QED) is 0.638. The first kappa shape index (κ1) is 19.9. The van der Waals surface area contributed by atoms with Crippen LogP contribution in [0.15, 0.2) is 66.3 Å². The van der Waals surface area contributed by atoms with Crippen LogP contribution in [0.1, 0.15) is 64.0 Å².